The fourth-order valence-electron chi connectivity index (χ4n) is 4.05. The molecule has 1 saturated heterocycles. The molecule has 4 nitrogen and oxygen atoms in total. The van der Waals surface area contributed by atoms with Gasteiger partial charge in [0.2, 0.25) is 0 Å². The van der Waals surface area contributed by atoms with E-state index in [2.05, 4.69) is 59.0 Å². The van der Waals surface area contributed by atoms with Gasteiger partial charge in [-0.1, -0.05) is 30.3 Å². The van der Waals surface area contributed by atoms with Gasteiger partial charge in [-0.05, 0) is 37.2 Å². The van der Waals surface area contributed by atoms with Gasteiger partial charge in [-0.25, -0.2) is 4.98 Å². The lowest BCUT2D eigenvalue weighted by molar-refractivity contribution is 0.297. The van der Waals surface area contributed by atoms with Gasteiger partial charge in [-0.15, -0.1) is 0 Å². The van der Waals surface area contributed by atoms with Crippen LogP contribution in [-0.2, 0) is 13.6 Å². The van der Waals surface area contributed by atoms with E-state index in [1.165, 1.54) is 16.7 Å². The molecule has 0 aliphatic carbocycles. The van der Waals surface area contributed by atoms with Gasteiger partial charge >= 0.3 is 0 Å². The predicted molar refractivity (Wildman–Crippen MR) is 99.6 cm³/mol. The highest BCUT2D eigenvalue weighted by atomic mass is 16.3. The van der Waals surface area contributed by atoms with Crippen molar-refractivity contribution >= 4 is 22.0 Å². The molecule has 2 aromatic carbocycles. The summed E-state index contributed by atoms with van der Waals surface area (Å²) in [6.07, 6.45) is 1.15. The van der Waals surface area contributed by atoms with Gasteiger partial charge in [-0.3, -0.25) is 4.90 Å². The highest BCUT2D eigenvalue weighted by molar-refractivity contribution is 5.77. The molecule has 0 saturated carbocycles. The van der Waals surface area contributed by atoms with Crippen LogP contribution >= 0.6 is 0 Å². The zero-order chi connectivity index (χ0) is 16.8. The van der Waals surface area contributed by atoms with Crippen LogP contribution in [0.2, 0.25) is 0 Å². The standard InChI is InChI=1S/C21H21N3O/c1-23-19-8-4-3-7-18(19)22-21(23)16-10-11-24(13-16)14-17-12-15-6-2-5-9-20(15)25-17/h2-9,12,16H,10-11,13-14H2,1H3/t16-/m0/s1. The third-order valence-corrected chi connectivity index (χ3v) is 5.32. The third kappa shape index (κ3) is 2.53. The Hall–Kier alpha value is -2.59. The fourth-order valence-corrected chi connectivity index (χ4v) is 4.05. The Morgan fingerprint density at radius 3 is 2.84 bits per heavy atom. The van der Waals surface area contributed by atoms with E-state index in [1.807, 2.05) is 12.1 Å². The zero-order valence-electron chi connectivity index (χ0n) is 14.4. The minimum Gasteiger partial charge on any atom is -0.460 e. The van der Waals surface area contributed by atoms with Crippen LogP contribution in [0.3, 0.4) is 0 Å². The van der Waals surface area contributed by atoms with E-state index in [1.54, 1.807) is 0 Å². The molecule has 0 unspecified atom stereocenters. The summed E-state index contributed by atoms with van der Waals surface area (Å²) in [6, 6.07) is 18.8. The Labute approximate surface area is 146 Å². The largest absolute Gasteiger partial charge is 0.460 e. The Kier molecular flexibility index (Phi) is 3.38. The van der Waals surface area contributed by atoms with Crippen molar-refractivity contribution in [1.29, 1.82) is 0 Å². The molecule has 0 spiro atoms. The van der Waals surface area contributed by atoms with Gasteiger partial charge < -0.3 is 8.98 Å². The smallest absolute Gasteiger partial charge is 0.134 e. The first-order valence-electron chi connectivity index (χ1n) is 8.89. The summed E-state index contributed by atoms with van der Waals surface area (Å²) in [4.78, 5) is 7.36. The molecule has 4 heteroatoms. The normalized spacial score (nSPS) is 18.5. The van der Waals surface area contributed by atoms with Crippen molar-refractivity contribution in [2.75, 3.05) is 13.1 Å². The molecule has 0 amide bonds. The second-order valence-corrected chi connectivity index (χ2v) is 6.99. The van der Waals surface area contributed by atoms with Gasteiger partial charge in [0.15, 0.2) is 0 Å². The number of rotatable bonds is 3. The maximum absolute atomic E-state index is 5.98. The molecule has 2 aromatic heterocycles. The van der Waals surface area contributed by atoms with Crippen LogP contribution in [-0.4, -0.2) is 27.5 Å². The topological polar surface area (TPSA) is 34.2 Å². The number of imidazole rings is 1. The Balaban J connectivity index is 1.36. The second kappa shape index (κ2) is 5.74. The number of aryl methyl sites for hydroxylation is 1. The highest BCUT2D eigenvalue weighted by Crippen LogP contribution is 2.30. The summed E-state index contributed by atoms with van der Waals surface area (Å²) in [5.41, 5.74) is 3.28. The molecule has 126 valence electrons. The summed E-state index contributed by atoms with van der Waals surface area (Å²) < 4.78 is 8.23. The first-order valence-corrected chi connectivity index (χ1v) is 8.89. The zero-order valence-corrected chi connectivity index (χ0v) is 14.4. The van der Waals surface area contributed by atoms with Gasteiger partial charge in [0.05, 0.1) is 17.6 Å². The van der Waals surface area contributed by atoms with Crippen molar-refractivity contribution < 1.29 is 4.42 Å². The number of hydrogen-bond donors (Lipinski definition) is 0. The van der Waals surface area contributed by atoms with Gasteiger partial charge in [0, 0.05) is 24.9 Å². The Bertz CT molecular complexity index is 1010. The monoisotopic (exact) mass is 331 g/mol. The molecular weight excluding hydrogens is 310 g/mol. The number of nitrogens with zero attached hydrogens (tertiary/aromatic N) is 3. The summed E-state index contributed by atoms with van der Waals surface area (Å²) >= 11 is 0. The highest BCUT2D eigenvalue weighted by Gasteiger charge is 2.28. The number of furan rings is 1. The molecule has 1 fully saturated rings. The van der Waals surface area contributed by atoms with Crippen LogP contribution in [0.1, 0.15) is 23.9 Å². The first-order chi connectivity index (χ1) is 12.3. The minimum atomic E-state index is 0.488. The van der Waals surface area contributed by atoms with Crippen LogP contribution < -0.4 is 0 Å². The molecule has 1 atom stereocenters. The van der Waals surface area contributed by atoms with E-state index in [9.17, 15) is 0 Å². The number of aromatic nitrogens is 2. The molecule has 1 aliphatic heterocycles. The molecule has 25 heavy (non-hydrogen) atoms. The molecule has 0 N–H and O–H groups in total. The number of likely N-dealkylation sites (tertiary alicyclic amines) is 1. The Morgan fingerprint density at radius 2 is 1.96 bits per heavy atom. The molecule has 1 aliphatic rings. The summed E-state index contributed by atoms with van der Waals surface area (Å²) in [7, 11) is 2.13. The molecule has 5 rings (SSSR count). The van der Waals surface area contributed by atoms with Crippen molar-refractivity contribution in [3.8, 4) is 0 Å². The Morgan fingerprint density at radius 1 is 1.12 bits per heavy atom. The van der Waals surface area contributed by atoms with E-state index in [0.717, 1.165) is 42.9 Å². The fraction of sp³-hybridized carbons (Fsp3) is 0.286. The van der Waals surface area contributed by atoms with Crippen LogP contribution in [0, 0.1) is 0 Å². The van der Waals surface area contributed by atoms with Crippen molar-refractivity contribution in [3.05, 3.63) is 66.2 Å². The predicted octanol–water partition coefficient (Wildman–Crippen LogP) is 4.31. The first kappa shape index (κ1) is 14.7. The minimum absolute atomic E-state index is 0.488. The summed E-state index contributed by atoms with van der Waals surface area (Å²) in [5.74, 6) is 2.74. The average molecular weight is 331 g/mol. The van der Waals surface area contributed by atoms with Gasteiger partial charge in [-0.2, -0.15) is 0 Å². The molecule has 3 heterocycles. The number of para-hydroxylation sites is 3. The summed E-state index contributed by atoms with van der Waals surface area (Å²) in [5, 5.41) is 1.18. The van der Waals surface area contributed by atoms with E-state index < -0.39 is 0 Å². The second-order valence-electron chi connectivity index (χ2n) is 6.99. The average Bonchev–Trinajstić information content (AvgIpc) is 3.32. The molecule has 0 radical (unpaired) electrons. The van der Waals surface area contributed by atoms with Crippen LogP contribution in [0.4, 0.5) is 0 Å². The van der Waals surface area contributed by atoms with Crippen LogP contribution in [0.25, 0.3) is 22.0 Å². The quantitative estimate of drug-likeness (QED) is 0.561. The van der Waals surface area contributed by atoms with Crippen molar-refractivity contribution in [2.24, 2.45) is 7.05 Å². The van der Waals surface area contributed by atoms with Gasteiger partial charge in [0.1, 0.15) is 17.2 Å². The van der Waals surface area contributed by atoms with Crippen LogP contribution in [0.5, 0.6) is 0 Å². The molecular formula is C21H21N3O. The van der Waals surface area contributed by atoms with E-state index in [-0.39, 0.29) is 0 Å². The SMILES string of the molecule is Cn1c([C@H]2CCN(Cc3cc4ccccc4o3)C2)nc2ccccc21. The number of hydrogen-bond acceptors (Lipinski definition) is 3. The summed E-state index contributed by atoms with van der Waals surface area (Å²) in [6.45, 7) is 2.99. The van der Waals surface area contributed by atoms with Crippen LogP contribution in [0.15, 0.2) is 59.0 Å². The molecule has 4 aromatic rings. The maximum Gasteiger partial charge on any atom is 0.134 e. The van der Waals surface area contributed by atoms with Crippen molar-refractivity contribution in [2.45, 2.75) is 18.9 Å². The lowest BCUT2D eigenvalue weighted by atomic mass is 10.1. The lowest BCUT2D eigenvalue weighted by Crippen LogP contribution is -2.20. The lowest BCUT2D eigenvalue weighted by Gasteiger charge is -2.14. The number of benzene rings is 2. The molecule has 0 bridgehead atoms. The van der Waals surface area contributed by atoms with Crippen molar-refractivity contribution in [1.82, 2.24) is 14.5 Å². The van der Waals surface area contributed by atoms with Gasteiger partial charge in [0.25, 0.3) is 0 Å². The maximum atomic E-state index is 5.98. The number of fused-ring (bicyclic) bond motifs is 2. The third-order valence-electron chi connectivity index (χ3n) is 5.32. The van der Waals surface area contributed by atoms with E-state index in [0.29, 0.717) is 5.92 Å². The van der Waals surface area contributed by atoms with E-state index >= 15 is 0 Å². The van der Waals surface area contributed by atoms with E-state index in [4.69, 9.17) is 9.40 Å². The van der Waals surface area contributed by atoms with Crippen molar-refractivity contribution in [3.63, 3.8) is 0 Å².